The van der Waals surface area contributed by atoms with Crippen LogP contribution < -0.4 is 0 Å². The highest BCUT2D eigenvalue weighted by Crippen LogP contribution is 1.75. The summed E-state index contributed by atoms with van der Waals surface area (Å²) in [5.74, 6) is 0.900. The van der Waals surface area contributed by atoms with E-state index in [4.69, 9.17) is 0 Å². The Kier molecular flexibility index (Phi) is 5.04. The molecule has 1 nitrogen and oxygen atoms in total. The molecule has 36 valence electrons. The molecular formula is C4H9NS. The zero-order valence-corrected chi connectivity index (χ0v) is 4.78. The quantitative estimate of drug-likeness (QED) is 0.395. The number of aliphatic imine (C=N–C) groups is 1. The summed E-state index contributed by atoms with van der Waals surface area (Å²) in [7, 11) is 1.77. The molecule has 0 aromatic heterocycles. The molecule has 0 N–H and O–H groups in total. The summed E-state index contributed by atoms with van der Waals surface area (Å²) in [5, 5.41) is 0. The first-order chi connectivity index (χ1) is 2.91. The van der Waals surface area contributed by atoms with Crippen molar-refractivity contribution in [2.75, 3.05) is 12.8 Å². The van der Waals surface area contributed by atoms with Crippen LogP contribution >= 0.6 is 12.6 Å². The SMILES string of the molecule is C/N=C/CCS. The van der Waals surface area contributed by atoms with Crippen molar-refractivity contribution in [1.29, 1.82) is 0 Å². The van der Waals surface area contributed by atoms with Gasteiger partial charge in [0, 0.05) is 7.05 Å². The summed E-state index contributed by atoms with van der Waals surface area (Å²) in [6, 6.07) is 0. The third kappa shape index (κ3) is 4.02. The maximum absolute atomic E-state index is 3.96. The molecule has 0 amide bonds. The number of thiol groups is 1. The molecule has 0 aliphatic carbocycles. The molecule has 0 saturated heterocycles. The Morgan fingerprint density at radius 1 is 1.83 bits per heavy atom. The highest BCUT2D eigenvalue weighted by Gasteiger charge is 1.66. The van der Waals surface area contributed by atoms with Crippen molar-refractivity contribution in [1.82, 2.24) is 0 Å². The zero-order chi connectivity index (χ0) is 4.83. The molecule has 0 bridgehead atoms. The van der Waals surface area contributed by atoms with Crippen LogP contribution in [0.5, 0.6) is 0 Å². The fourth-order valence-corrected chi connectivity index (χ4v) is 0.302. The molecule has 0 fully saturated rings. The lowest BCUT2D eigenvalue weighted by Crippen LogP contribution is -1.72. The van der Waals surface area contributed by atoms with Crippen molar-refractivity contribution in [3.05, 3.63) is 0 Å². The molecule has 0 aromatic rings. The number of nitrogens with zero attached hydrogens (tertiary/aromatic N) is 1. The first-order valence-corrected chi connectivity index (χ1v) is 2.56. The van der Waals surface area contributed by atoms with Crippen molar-refractivity contribution in [2.24, 2.45) is 4.99 Å². The molecular weight excluding hydrogens is 94.1 g/mol. The van der Waals surface area contributed by atoms with Crippen LogP contribution in [0.3, 0.4) is 0 Å². The molecule has 0 aliphatic heterocycles. The van der Waals surface area contributed by atoms with E-state index in [1.165, 1.54) is 0 Å². The van der Waals surface area contributed by atoms with Crippen molar-refractivity contribution < 1.29 is 0 Å². The van der Waals surface area contributed by atoms with Crippen LogP contribution in [0.1, 0.15) is 6.42 Å². The summed E-state index contributed by atoms with van der Waals surface area (Å²) in [5.41, 5.74) is 0. The van der Waals surface area contributed by atoms with Gasteiger partial charge in [0.1, 0.15) is 0 Å². The summed E-state index contributed by atoms with van der Waals surface area (Å²) in [6.07, 6.45) is 2.84. The van der Waals surface area contributed by atoms with Gasteiger partial charge in [-0.25, -0.2) is 0 Å². The minimum Gasteiger partial charge on any atom is -0.301 e. The first-order valence-electron chi connectivity index (χ1n) is 1.93. The van der Waals surface area contributed by atoms with Crippen LogP contribution in [-0.2, 0) is 0 Å². The Morgan fingerprint density at radius 2 is 2.50 bits per heavy atom. The van der Waals surface area contributed by atoms with Crippen LogP contribution in [-0.4, -0.2) is 19.0 Å². The van der Waals surface area contributed by atoms with E-state index in [-0.39, 0.29) is 0 Å². The Bertz CT molecular complexity index is 42.8. The third-order valence-electron chi connectivity index (χ3n) is 0.441. The van der Waals surface area contributed by atoms with Crippen molar-refractivity contribution in [3.8, 4) is 0 Å². The summed E-state index contributed by atoms with van der Waals surface area (Å²) >= 11 is 3.96. The highest BCUT2D eigenvalue weighted by atomic mass is 32.1. The molecule has 0 rings (SSSR count). The van der Waals surface area contributed by atoms with Crippen molar-refractivity contribution in [3.63, 3.8) is 0 Å². The van der Waals surface area contributed by atoms with Gasteiger partial charge in [0.05, 0.1) is 0 Å². The lowest BCUT2D eigenvalue weighted by molar-refractivity contribution is 1.32. The lowest BCUT2D eigenvalue weighted by Gasteiger charge is -1.75. The Hall–Kier alpha value is 0.0200. The molecule has 0 aromatic carbocycles. The van der Waals surface area contributed by atoms with Crippen molar-refractivity contribution in [2.45, 2.75) is 6.42 Å². The van der Waals surface area contributed by atoms with Gasteiger partial charge in [0.25, 0.3) is 0 Å². The van der Waals surface area contributed by atoms with E-state index >= 15 is 0 Å². The topological polar surface area (TPSA) is 12.4 Å². The molecule has 0 spiro atoms. The molecule has 0 unspecified atom stereocenters. The second kappa shape index (κ2) is 5.02. The van der Waals surface area contributed by atoms with E-state index in [2.05, 4.69) is 17.6 Å². The fourth-order valence-electron chi connectivity index (χ4n) is 0.187. The standard InChI is InChI=1S/C4H9NS/c1-5-3-2-4-6/h3,6H,2,4H2,1H3/b5-3+. The normalized spacial score (nSPS) is 10.3. The minimum absolute atomic E-state index is 0.900. The van der Waals surface area contributed by atoms with Gasteiger partial charge in [0.15, 0.2) is 0 Å². The second-order valence-electron chi connectivity index (χ2n) is 0.953. The predicted octanol–water partition coefficient (Wildman–Crippen LogP) is 1.01. The number of rotatable bonds is 2. The van der Waals surface area contributed by atoms with Gasteiger partial charge < -0.3 is 4.99 Å². The Balaban J connectivity index is 2.66. The molecule has 2 heteroatoms. The second-order valence-corrected chi connectivity index (χ2v) is 1.40. The third-order valence-corrected chi connectivity index (χ3v) is 0.699. The van der Waals surface area contributed by atoms with E-state index in [0.717, 1.165) is 12.2 Å². The van der Waals surface area contributed by atoms with Crippen LogP contribution in [0, 0.1) is 0 Å². The van der Waals surface area contributed by atoms with Gasteiger partial charge in [-0.15, -0.1) is 0 Å². The maximum Gasteiger partial charge on any atom is 0.0273 e. The largest absolute Gasteiger partial charge is 0.301 e. The van der Waals surface area contributed by atoms with E-state index in [1.807, 2.05) is 6.21 Å². The van der Waals surface area contributed by atoms with Gasteiger partial charge in [-0.1, -0.05) is 0 Å². The summed E-state index contributed by atoms with van der Waals surface area (Å²) in [4.78, 5) is 3.75. The molecule has 0 heterocycles. The van der Waals surface area contributed by atoms with E-state index in [9.17, 15) is 0 Å². The smallest absolute Gasteiger partial charge is 0.0273 e. The number of hydrogen-bond acceptors (Lipinski definition) is 2. The van der Waals surface area contributed by atoms with Gasteiger partial charge in [0.2, 0.25) is 0 Å². The van der Waals surface area contributed by atoms with E-state index < -0.39 is 0 Å². The average Bonchev–Trinajstić information content (AvgIpc) is 1.61. The molecule has 0 aliphatic rings. The van der Waals surface area contributed by atoms with Crippen LogP contribution in [0.25, 0.3) is 0 Å². The Morgan fingerprint density at radius 3 is 2.67 bits per heavy atom. The Labute approximate surface area is 43.9 Å². The fraction of sp³-hybridized carbons (Fsp3) is 0.750. The molecule has 0 atom stereocenters. The monoisotopic (exact) mass is 103 g/mol. The van der Waals surface area contributed by atoms with Crippen LogP contribution in [0.4, 0.5) is 0 Å². The molecule has 6 heavy (non-hydrogen) atoms. The van der Waals surface area contributed by atoms with E-state index in [0.29, 0.717) is 0 Å². The van der Waals surface area contributed by atoms with Gasteiger partial charge in [-0.05, 0) is 18.4 Å². The van der Waals surface area contributed by atoms with Crippen LogP contribution in [0.15, 0.2) is 4.99 Å². The minimum atomic E-state index is 0.900. The summed E-state index contributed by atoms with van der Waals surface area (Å²) in [6.45, 7) is 0. The van der Waals surface area contributed by atoms with Gasteiger partial charge >= 0.3 is 0 Å². The van der Waals surface area contributed by atoms with Gasteiger partial charge in [-0.2, -0.15) is 12.6 Å². The van der Waals surface area contributed by atoms with Crippen LogP contribution in [0.2, 0.25) is 0 Å². The maximum atomic E-state index is 3.96. The van der Waals surface area contributed by atoms with Crippen molar-refractivity contribution >= 4 is 18.8 Å². The highest BCUT2D eigenvalue weighted by molar-refractivity contribution is 7.80. The van der Waals surface area contributed by atoms with Gasteiger partial charge in [-0.3, -0.25) is 0 Å². The summed E-state index contributed by atoms with van der Waals surface area (Å²) < 4.78 is 0. The molecule has 0 saturated carbocycles. The molecule has 0 radical (unpaired) electrons. The van der Waals surface area contributed by atoms with E-state index in [1.54, 1.807) is 7.05 Å². The predicted molar refractivity (Wildman–Crippen MR) is 32.9 cm³/mol. The number of hydrogen-bond donors (Lipinski definition) is 1. The lowest BCUT2D eigenvalue weighted by atomic mass is 10.5. The average molecular weight is 103 g/mol. The zero-order valence-electron chi connectivity index (χ0n) is 3.89. The first kappa shape index (κ1) is 6.02.